The van der Waals surface area contributed by atoms with Crippen LogP contribution in [0.1, 0.15) is 33.1 Å². The molecule has 0 radical (unpaired) electrons. The standard InChI is InChI=1S/C15H18Br2NO3/c1-3-4-10-6-15(2,21-14(10)20)13(19)9-18-7-11(16)5-12(17)8-18/h5,7-8,10H,3-4,6,9H2,1-2H3/q+1. The molecule has 2 unspecified atom stereocenters. The van der Waals surface area contributed by atoms with Gasteiger partial charge in [-0.25, -0.2) is 0 Å². The molecule has 1 aliphatic heterocycles. The number of cyclic esters (lactones) is 1. The highest BCUT2D eigenvalue weighted by molar-refractivity contribution is 9.11. The molecule has 1 fully saturated rings. The van der Waals surface area contributed by atoms with E-state index in [0.717, 1.165) is 21.8 Å². The maximum atomic E-state index is 12.5. The molecule has 2 heterocycles. The molecule has 2 rings (SSSR count). The van der Waals surface area contributed by atoms with Crippen LogP contribution in [-0.2, 0) is 20.9 Å². The van der Waals surface area contributed by atoms with Gasteiger partial charge in [0.05, 0.1) is 14.9 Å². The highest BCUT2D eigenvalue weighted by Crippen LogP contribution is 2.34. The Balaban J connectivity index is 2.11. The van der Waals surface area contributed by atoms with Crippen LogP contribution in [0.25, 0.3) is 0 Å². The SMILES string of the molecule is CCCC1CC(C)(C(=O)C[n+]2cc(Br)cc(Br)c2)OC1=O. The first kappa shape index (κ1) is 16.6. The van der Waals surface area contributed by atoms with Crippen LogP contribution in [0.15, 0.2) is 27.4 Å². The third-order valence-electron chi connectivity index (χ3n) is 3.70. The van der Waals surface area contributed by atoms with Gasteiger partial charge in [0.1, 0.15) is 0 Å². The molecule has 1 aromatic heterocycles. The number of rotatable bonds is 5. The summed E-state index contributed by atoms with van der Waals surface area (Å²) in [5.41, 5.74) is -1.00. The molecule has 2 atom stereocenters. The summed E-state index contributed by atoms with van der Waals surface area (Å²) in [5.74, 6) is -0.472. The van der Waals surface area contributed by atoms with Crippen LogP contribution in [0.5, 0.6) is 0 Å². The Bertz CT molecular complexity index is 556. The number of hydrogen-bond acceptors (Lipinski definition) is 3. The molecule has 21 heavy (non-hydrogen) atoms. The summed E-state index contributed by atoms with van der Waals surface area (Å²) in [5, 5.41) is 0. The van der Waals surface area contributed by atoms with Crippen molar-refractivity contribution in [1.82, 2.24) is 0 Å². The molecule has 0 saturated carbocycles. The maximum absolute atomic E-state index is 12.5. The number of nitrogens with zero attached hydrogens (tertiary/aromatic N) is 1. The van der Waals surface area contributed by atoms with Crippen molar-refractivity contribution in [3.05, 3.63) is 27.4 Å². The summed E-state index contributed by atoms with van der Waals surface area (Å²) in [4.78, 5) is 24.4. The van der Waals surface area contributed by atoms with Gasteiger partial charge in [-0.05, 0) is 51.3 Å². The van der Waals surface area contributed by atoms with Crippen molar-refractivity contribution >= 4 is 43.6 Å². The number of ether oxygens (including phenoxy) is 1. The van der Waals surface area contributed by atoms with E-state index in [9.17, 15) is 9.59 Å². The number of pyridine rings is 1. The third kappa shape index (κ3) is 3.92. The van der Waals surface area contributed by atoms with Crippen LogP contribution in [0.4, 0.5) is 0 Å². The van der Waals surface area contributed by atoms with Gasteiger partial charge in [0.15, 0.2) is 18.0 Å². The van der Waals surface area contributed by atoms with Gasteiger partial charge in [-0.3, -0.25) is 9.59 Å². The molecule has 6 heteroatoms. The molecule has 114 valence electrons. The molecule has 4 nitrogen and oxygen atoms in total. The molecule has 0 aromatic carbocycles. The summed E-state index contributed by atoms with van der Waals surface area (Å²) in [6, 6.07) is 1.90. The van der Waals surface area contributed by atoms with Crippen LogP contribution in [0.3, 0.4) is 0 Å². The molecule has 1 aromatic rings. The fourth-order valence-electron chi connectivity index (χ4n) is 2.62. The van der Waals surface area contributed by atoms with Crippen molar-refractivity contribution in [1.29, 1.82) is 0 Å². The fourth-order valence-corrected chi connectivity index (χ4v) is 3.95. The van der Waals surface area contributed by atoms with E-state index in [1.165, 1.54) is 0 Å². The van der Waals surface area contributed by atoms with Crippen LogP contribution < -0.4 is 4.57 Å². The van der Waals surface area contributed by atoms with Gasteiger partial charge in [0, 0.05) is 6.42 Å². The molecule has 0 bridgehead atoms. The van der Waals surface area contributed by atoms with Gasteiger partial charge >= 0.3 is 5.97 Å². The lowest BCUT2D eigenvalue weighted by Crippen LogP contribution is -2.46. The van der Waals surface area contributed by atoms with Gasteiger partial charge < -0.3 is 4.74 Å². The lowest BCUT2D eigenvalue weighted by molar-refractivity contribution is -0.685. The Labute approximate surface area is 141 Å². The average Bonchev–Trinajstić information content (AvgIpc) is 2.65. The normalized spacial score (nSPS) is 25.0. The number of Topliss-reactive ketones (excluding diaryl/α,β-unsaturated/α-hetero) is 1. The summed E-state index contributed by atoms with van der Waals surface area (Å²) in [7, 11) is 0. The first-order valence-corrected chi connectivity index (χ1v) is 8.54. The number of carbonyl (C=O) groups excluding carboxylic acids is 2. The molecule has 0 aliphatic carbocycles. The van der Waals surface area contributed by atoms with Crippen LogP contribution in [-0.4, -0.2) is 17.4 Å². The zero-order valence-electron chi connectivity index (χ0n) is 12.1. The van der Waals surface area contributed by atoms with E-state index in [2.05, 4.69) is 31.9 Å². The molecular formula is C15H18Br2NO3+. The summed E-state index contributed by atoms with van der Waals surface area (Å²) < 4.78 is 8.92. The number of esters is 1. The smallest absolute Gasteiger partial charge is 0.310 e. The number of halogens is 2. The van der Waals surface area contributed by atoms with Gasteiger partial charge in [0.25, 0.3) is 0 Å². The Morgan fingerprint density at radius 2 is 2.05 bits per heavy atom. The number of hydrogen-bond donors (Lipinski definition) is 0. The quantitative estimate of drug-likeness (QED) is 0.543. The predicted octanol–water partition coefficient (Wildman–Crippen LogP) is 3.19. The van der Waals surface area contributed by atoms with Crippen LogP contribution >= 0.6 is 31.9 Å². The third-order valence-corrected chi connectivity index (χ3v) is 4.57. The highest BCUT2D eigenvalue weighted by atomic mass is 79.9. The topological polar surface area (TPSA) is 47.2 Å². The highest BCUT2D eigenvalue weighted by Gasteiger charge is 2.49. The van der Waals surface area contributed by atoms with Crippen molar-refractivity contribution in [2.75, 3.05) is 0 Å². The second kappa shape index (κ2) is 6.57. The molecule has 1 aliphatic rings. The minimum atomic E-state index is -1.00. The van der Waals surface area contributed by atoms with Crippen molar-refractivity contribution in [3.63, 3.8) is 0 Å². The Morgan fingerprint density at radius 1 is 1.43 bits per heavy atom. The first-order chi connectivity index (χ1) is 9.84. The zero-order valence-corrected chi connectivity index (χ0v) is 15.2. The van der Waals surface area contributed by atoms with Gasteiger partial charge in [-0.1, -0.05) is 13.3 Å². The Hall–Kier alpha value is -0.750. The second-order valence-corrected chi connectivity index (χ2v) is 7.44. The predicted molar refractivity (Wildman–Crippen MR) is 84.6 cm³/mol. The monoisotopic (exact) mass is 418 g/mol. The van der Waals surface area contributed by atoms with Crippen molar-refractivity contribution < 1.29 is 18.9 Å². The second-order valence-electron chi connectivity index (χ2n) is 5.61. The van der Waals surface area contributed by atoms with Gasteiger partial charge in [-0.2, -0.15) is 4.57 Å². The molecule has 0 N–H and O–H groups in total. The molecule has 0 amide bonds. The van der Waals surface area contributed by atoms with Crippen molar-refractivity contribution in [2.45, 2.75) is 45.3 Å². The Kier molecular flexibility index (Phi) is 5.20. The number of ketones is 1. The van der Waals surface area contributed by atoms with E-state index in [1.807, 2.05) is 25.4 Å². The van der Waals surface area contributed by atoms with Crippen molar-refractivity contribution in [3.8, 4) is 0 Å². The van der Waals surface area contributed by atoms with E-state index < -0.39 is 5.60 Å². The van der Waals surface area contributed by atoms with E-state index in [4.69, 9.17) is 4.74 Å². The average molecular weight is 420 g/mol. The molecular weight excluding hydrogens is 402 g/mol. The zero-order chi connectivity index (χ0) is 15.6. The summed E-state index contributed by atoms with van der Waals surface area (Å²) in [6.07, 6.45) is 5.82. The number of aromatic nitrogens is 1. The van der Waals surface area contributed by atoms with Gasteiger partial charge in [-0.15, -0.1) is 0 Å². The lowest BCUT2D eigenvalue weighted by Gasteiger charge is -2.19. The summed E-state index contributed by atoms with van der Waals surface area (Å²) >= 11 is 6.78. The minimum absolute atomic E-state index is 0.0792. The molecule has 1 saturated heterocycles. The minimum Gasteiger partial charge on any atom is -0.451 e. The lowest BCUT2D eigenvalue weighted by atomic mass is 9.89. The van der Waals surface area contributed by atoms with E-state index >= 15 is 0 Å². The van der Waals surface area contributed by atoms with Crippen LogP contribution in [0, 0.1) is 5.92 Å². The molecule has 0 spiro atoms. The van der Waals surface area contributed by atoms with Gasteiger partial charge in [0.2, 0.25) is 12.3 Å². The van der Waals surface area contributed by atoms with E-state index in [0.29, 0.717) is 6.42 Å². The fraction of sp³-hybridized carbons (Fsp3) is 0.533. The van der Waals surface area contributed by atoms with E-state index in [-0.39, 0.29) is 24.2 Å². The van der Waals surface area contributed by atoms with Crippen molar-refractivity contribution in [2.24, 2.45) is 5.92 Å². The van der Waals surface area contributed by atoms with Crippen LogP contribution in [0.2, 0.25) is 0 Å². The summed E-state index contributed by atoms with van der Waals surface area (Å²) in [6.45, 7) is 3.93. The maximum Gasteiger partial charge on any atom is 0.310 e. The first-order valence-electron chi connectivity index (χ1n) is 6.95. The Morgan fingerprint density at radius 3 is 2.62 bits per heavy atom. The largest absolute Gasteiger partial charge is 0.451 e. The number of carbonyl (C=O) groups is 2. The van der Waals surface area contributed by atoms with E-state index in [1.54, 1.807) is 11.5 Å².